The van der Waals surface area contributed by atoms with Crippen LogP contribution in [-0.4, -0.2) is 13.3 Å². The fourth-order valence-corrected chi connectivity index (χ4v) is 1.40. The Bertz CT molecular complexity index is 449. The SMILES string of the molecule is CCC=O.CNC(C)c1cc(C(F)(F)F)cc(C(F)(F)F)c1. The van der Waals surface area contributed by atoms with Crippen LogP contribution in [0.4, 0.5) is 26.3 Å². The number of aldehydes is 1. The van der Waals surface area contributed by atoms with Crippen molar-refractivity contribution in [3.8, 4) is 0 Å². The second-order valence-corrected chi connectivity index (χ2v) is 4.42. The molecule has 0 heterocycles. The second kappa shape index (κ2) is 8.17. The highest BCUT2D eigenvalue weighted by Crippen LogP contribution is 2.37. The fourth-order valence-electron chi connectivity index (χ4n) is 1.40. The van der Waals surface area contributed by atoms with Gasteiger partial charge in [-0.25, -0.2) is 0 Å². The van der Waals surface area contributed by atoms with Crippen molar-refractivity contribution in [3.63, 3.8) is 0 Å². The Morgan fingerprint density at radius 3 is 1.64 bits per heavy atom. The lowest BCUT2D eigenvalue weighted by molar-refractivity contribution is -0.143. The van der Waals surface area contributed by atoms with Gasteiger partial charge in [-0.1, -0.05) is 6.92 Å². The van der Waals surface area contributed by atoms with E-state index in [9.17, 15) is 31.1 Å². The molecule has 126 valence electrons. The molecule has 0 bridgehead atoms. The van der Waals surface area contributed by atoms with E-state index < -0.39 is 29.5 Å². The number of alkyl halides is 6. The maximum absolute atomic E-state index is 12.5. The van der Waals surface area contributed by atoms with Crippen LogP contribution >= 0.6 is 0 Å². The monoisotopic (exact) mass is 329 g/mol. The Balaban J connectivity index is 0.000000980. The molecule has 8 heteroatoms. The van der Waals surface area contributed by atoms with Crippen molar-refractivity contribution in [1.82, 2.24) is 5.32 Å². The summed E-state index contributed by atoms with van der Waals surface area (Å²) < 4.78 is 75.1. The minimum atomic E-state index is -4.80. The van der Waals surface area contributed by atoms with E-state index in [-0.39, 0.29) is 11.6 Å². The zero-order valence-electron chi connectivity index (χ0n) is 12.3. The van der Waals surface area contributed by atoms with E-state index in [0.717, 1.165) is 18.4 Å². The maximum atomic E-state index is 12.5. The Hall–Kier alpha value is -1.57. The summed E-state index contributed by atoms with van der Waals surface area (Å²) in [4.78, 5) is 9.17. The van der Waals surface area contributed by atoms with Gasteiger partial charge in [0.1, 0.15) is 6.29 Å². The highest BCUT2D eigenvalue weighted by molar-refractivity contribution is 5.48. The molecule has 22 heavy (non-hydrogen) atoms. The first-order valence-electron chi connectivity index (χ1n) is 6.37. The van der Waals surface area contributed by atoms with Crippen LogP contribution in [0.3, 0.4) is 0 Å². The molecule has 0 amide bonds. The van der Waals surface area contributed by atoms with E-state index in [1.54, 1.807) is 0 Å². The fraction of sp³-hybridized carbons (Fsp3) is 0.500. The summed E-state index contributed by atoms with van der Waals surface area (Å²) in [6.45, 7) is 3.29. The Labute approximate surface area is 124 Å². The van der Waals surface area contributed by atoms with Crippen LogP contribution < -0.4 is 5.32 Å². The third-order valence-electron chi connectivity index (χ3n) is 2.71. The number of carbonyl (C=O) groups excluding carboxylic acids is 1. The van der Waals surface area contributed by atoms with Crippen molar-refractivity contribution in [2.45, 2.75) is 38.7 Å². The molecule has 0 saturated carbocycles. The summed E-state index contributed by atoms with van der Waals surface area (Å²) in [5.41, 5.74) is -2.65. The summed E-state index contributed by atoms with van der Waals surface area (Å²) in [6.07, 6.45) is -8.09. The minimum absolute atomic E-state index is 0.0559. The lowest BCUT2D eigenvalue weighted by atomic mass is 10.0. The Morgan fingerprint density at radius 2 is 1.41 bits per heavy atom. The van der Waals surface area contributed by atoms with Crippen LogP contribution in [0.15, 0.2) is 18.2 Å². The Morgan fingerprint density at radius 1 is 1.05 bits per heavy atom. The molecule has 0 aliphatic carbocycles. The van der Waals surface area contributed by atoms with E-state index in [1.807, 2.05) is 6.92 Å². The molecule has 0 saturated heterocycles. The number of halogens is 6. The molecule has 0 aromatic heterocycles. The second-order valence-electron chi connectivity index (χ2n) is 4.42. The van der Waals surface area contributed by atoms with E-state index in [0.29, 0.717) is 6.42 Å². The topological polar surface area (TPSA) is 29.1 Å². The van der Waals surface area contributed by atoms with Gasteiger partial charge in [-0.05, 0) is 37.7 Å². The summed E-state index contributed by atoms with van der Waals surface area (Å²) in [7, 11) is 1.46. The first-order valence-corrected chi connectivity index (χ1v) is 6.37. The van der Waals surface area contributed by atoms with Gasteiger partial charge in [-0.15, -0.1) is 0 Å². The molecule has 0 fully saturated rings. The molecule has 0 aliphatic heterocycles. The number of benzene rings is 1. The van der Waals surface area contributed by atoms with E-state index in [1.165, 1.54) is 14.0 Å². The van der Waals surface area contributed by atoms with Gasteiger partial charge in [-0.3, -0.25) is 0 Å². The number of rotatable bonds is 3. The highest BCUT2D eigenvalue weighted by Gasteiger charge is 2.37. The molecule has 1 rings (SSSR count). The van der Waals surface area contributed by atoms with Gasteiger partial charge >= 0.3 is 12.4 Å². The number of nitrogens with one attached hydrogen (secondary N) is 1. The van der Waals surface area contributed by atoms with E-state index in [2.05, 4.69) is 5.32 Å². The molecule has 1 atom stereocenters. The zero-order valence-corrected chi connectivity index (χ0v) is 12.3. The van der Waals surface area contributed by atoms with E-state index >= 15 is 0 Å². The molecule has 1 N–H and O–H groups in total. The van der Waals surface area contributed by atoms with Gasteiger partial charge in [0.15, 0.2) is 0 Å². The van der Waals surface area contributed by atoms with Crippen molar-refractivity contribution >= 4 is 6.29 Å². The maximum Gasteiger partial charge on any atom is 0.416 e. The molecule has 1 unspecified atom stereocenters. The van der Waals surface area contributed by atoms with E-state index in [4.69, 9.17) is 0 Å². The molecule has 0 radical (unpaired) electrons. The van der Waals surface area contributed by atoms with Gasteiger partial charge in [0.2, 0.25) is 0 Å². The third-order valence-corrected chi connectivity index (χ3v) is 2.71. The predicted octanol–water partition coefficient (Wildman–Crippen LogP) is 4.60. The average molecular weight is 329 g/mol. The summed E-state index contributed by atoms with van der Waals surface area (Å²) in [5, 5.41) is 2.60. The Kier molecular flexibility index (Phi) is 7.58. The van der Waals surface area contributed by atoms with Crippen molar-refractivity contribution in [3.05, 3.63) is 34.9 Å². The van der Waals surface area contributed by atoms with Crippen LogP contribution in [0.25, 0.3) is 0 Å². The van der Waals surface area contributed by atoms with Gasteiger partial charge < -0.3 is 10.1 Å². The van der Waals surface area contributed by atoms with Crippen molar-refractivity contribution < 1.29 is 31.1 Å². The minimum Gasteiger partial charge on any atom is -0.313 e. The quantitative estimate of drug-likeness (QED) is 0.649. The van der Waals surface area contributed by atoms with Crippen LogP contribution in [0.1, 0.15) is 43.0 Å². The molecule has 0 spiro atoms. The molecule has 2 nitrogen and oxygen atoms in total. The van der Waals surface area contributed by atoms with Gasteiger partial charge in [0.25, 0.3) is 0 Å². The smallest absolute Gasteiger partial charge is 0.313 e. The lowest BCUT2D eigenvalue weighted by Gasteiger charge is -2.17. The van der Waals surface area contributed by atoms with Crippen LogP contribution in [0.5, 0.6) is 0 Å². The number of hydrogen-bond donors (Lipinski definition) is 1. The molecule has 1 aromatic carbocycles. The first-order chi connectivity index (χ1) is 9.97. The van der Waals surface area contributed by atoms with Crippen LogP contribution in [-0.2, 0) is 17.1 Å². The van der Waals surface area contributed by atoms with Gasteiger partial charge in [0, 0.05) is 12.5 Å². The van der Waals surface area contributed by atoms with Crippen molar-refractivity contribution in [2.75, 3.05) is 7.05 Å². The van der Waals surface area contributed by atoms with Crippen molar-refractivity contribution in [2.24, 2.45) is 0 Å². The largest absolute Gasteiger partial charge is 0.416 e. The average Bonchev–Trinajstić information content (AvgIpc) is 2.44. The number of hydrogen-bond acceptors (Lipinski definition) is 2. The summed E-state index contributed by atoms with van der Waals surface area (Å²) in [5.74, 6) is 0. The molecule has 1 aromatic rings. The van der Waals surface area contributed by atoms with Crippen LogP contribution in [0, 0.1) is 0 Å². The molecular weight excluding hydrogens is 312 g/mol. The lowest BCUT2D eigenvalue weighted by Crippen LogP contribution is -2.17. The summed E-state index contributed by atoms with van der Waals surface area (Å²) in [6, 6.07) is 0.951. The summed E-state index contributed by atoms with van der Waals surface area (Å²) >= 11 is 0. The number of carbonyl (C=O) groups is 1. The zero-order chi connectivity index (χ0) is 17.6. The third kappa shape index (κ3) is 6.46. The van der Waals surface area contributed by atoms with Gasteiger partial charge in [0.05, 0.1) is 11.1 Å². The normalized spacial score (nSPS) is 13.1. The van der Waals surface area contributed by atoms with Gasteiger partial charge in [-0.2, -0.15) is 26.3 Å². The predicted molar refractivity (Wildman–Crippen MR) is 70.3 cm³/mol. The standard InChI is InChI=1S/C11H11F6N.C3H6O/c1-6(18-2)7-3-8(10(12,13)14)5-9(4-7)11(15,16)17;1-2-3-4/h3-6,18H,1-2H3;3H,2H2,1H3. The molecular formula is C14H17F6NO. The first kappa shape index (κ1) is 20.4. The molecule has 0 aliphatic rings. The van der Waals surface area contributed by atoms with Crippen LogP contribution in [0.2, 0.25) is 0 Å². The highest BCUT2D eigenvalue weighted by atomic mass is 19.4. The van der Waals surface area contributed by atoms with Crippen molar-refractivity contribution in [1.29, 1.82) is 0 Å².